The van der Waals surface area contributed by atoms with Crippen molar-refractivity contribution in [2.75, 3.05) is 6.54 Å². The zero-order valence-corrected chi connectivity index (χ0v) is 15.0. The summed E-state index contributed by atoms with van der Waals surface area (Å²) >= 11 is 1.38. The van der Waals surface area contributed by atoms with Gasteiger partial charge in [-0.25, -0.2) is 4.39 Å². The fourth-order valence-electron chi connectivity index (χ4n) is 3.00. The van der Waals surface area contributed by atoms with Crippen LogP contribution < -0.4 is 0 Å². The van der Waals surface area contributed by atoms with Gasteiger partial charge in [-0.05, 0) is 23.6 Å². The molecule has 0 N–H and O–H groups in total. The summed E-state index contributed by atoms with van der Waals surface area (Å²) in [5, 5.41) is 5.09. The topological polar surface area (TPSA) is 72.1 Å². The van der Waals surface area contributed by atoms with Gasteiger partial charge in [0.1, 0.15) is 5.82 Å². The molecule has 3 aromatic heterocycles. The number of pyridine rings is 1. The summed E-state index contributed by atoms with van der Waals surface area (Å²) in [6, 6.07) is 1.24. The number of fused-ring (bicyclic) bond motifs is 1. The molecule has 146 valence electrons. The predicted molar refractivity (Wildman–Crippen MR) is 89.6 cm³/mol. The van der Waals surface area contributed by atoms with Crippen molar-refractivity contribution in [1.29, 1.82) is 0 Å². The number of hydrogen-bond donors (Lipinski definition) is 0. The van der Waals surface area contributed by atoms with Crippen LogP contribution in [0.1, 0.15) is 21.9 Å². The van der Waals surface area contributed by atoms with Gasteiger partial charge in [0.15, 0.2) is 0 Å². The molecule has 0 radical (unpaired) electrons. The third-order valence-electron chi connectivity index (χ3n) is 4.32. The highest BCUT2D eigenvalue weighted by Crippen LogP contribution is 2.36. The summed E-state index contributed by atoms with van der Waals surface area (Å²) in [5.74, 6) is -2.32. The van der Waals surface area contributed by atoms with Gasteiger partial charge in [-0.2, -0.15) is 18.2 Å². The number of rotatable bonds is 3. The minimum atomic E-state index is -4.72. The lowest BCUT2D eigenvalue weighted by Gasteiger charge is -2.27. The van der Waals surface area contributed by atoms with E-state index in [-0.39, 0.29) is 24.7 Å². The Labute approximate surface area is 159 Å². The van der Waals surface area contributed by atoms with E-state index in [9.17, 15) is 22.4 Å². The van der Waals surface area contributed by atoms with Crippen molar-refractivity contribution >= 4 is 17.2 Å². The zero-order chi connectivity index (χ0) is 19.9. The Morgan fingerprint density at radius 2 is 2.14 bits per heavy atom. The normalized spacial score (nSPS) is 14.2. The molecule has 0 atom stereocenters. The first-order valence-corrected chi connectivity index (χ1v) is 9.07. The standard InChI is InChI=1S/C17H12F4N4O2S/c18-10-3-9(5-22-6-10)4-14(26)25-2-1-13-11(7-25)12(8-28-13)15-23-16(27-24-15)17(19,20)21/h3,5-6,8H,1-2,4,7H2. The Hall–Kier alpha value is -2.82. The number of aromatic nitrogens is 3. The fourth-order valence-corrected chi connectivity index (χ4v) is 4.03. The van der Waals surface area contributed by atoms with Gasteiger partial charge in [-0.15, -0.1) is 11.3 Å². The maximum atomic E-state index is 13.3. The molecule has 1 amide bonds. The van der Waals surface area contributed by atoms with E-state index < -0.39 is 17.9 Å². The summed E-state index contributed by atoms with van der Waals surface area (Å²) in [6.45, 7) is 0.681. The Balaban J connectivity index is 1.54. The first-order valence-electron chi connectivity index (χ1n) is 8.19. The molecule has 4 rings (SSSR count). The van der Waals surface area contributed by atoms with Gasteiger partial charge in [-0.1, -0.05) is 5.16 Å². The van der Waals surface area contributed by atoms with Crippen molar-refractivity contribution in [3.8, 4) is 11.4 Å². The molecule has 0 unspecified atom stereocenters. The van der Waals surface area contributed by atoms with Crippen molar-refractivity contribution in [2.45, 2.75) is 25.6 Å². The van der Waals surface area contributed by atoms with Gasteiger partial charge in [-0.3, -0.25) is 9.78 Å². The van der Waals surface area contributed by atoms with Gasteiger partial charge in [0.25, 0.3) is 0 Å². The molecule has 0 aromatic carbocycles. The Bertz CT molecular complexity index is 1030. The predicted octanol–water partition coefficient (Wildman–Crippen LogP) is 3.48. The van der Waals surface area contributed by atoms with E-state index in [1.54, 1.807) is 10.3 Å². The molecule has 0 bridgehead atoms. The second-order valence-corrected chi connectivity index (χ2v) is 7.19. The first kappa shape index (κ1) is 18.5. The van der Waals surface area contributed by atoms with E-state index in [1.165, 1.54) is 23.6 Å². The number of hydrogen-bond acceptors (Lipinski definition) is 6. The van der Waals surface area contributed by atoms with Gasteiger partial charge < -0.3 is 9.42 Å². The third kappa shape index (κ3) is 3.61. The van der Waals surface area contributed by atoms with Gasteiger partial charge in [0.05, 0.1) is 12.6 Å². The van der Waals surface area contributed by atoms with Crippen LogP contribution in [0.3, 0.4) is 0 Å². The van der Waals surface area contributed by atoms with Gasteiger partial charge in [0, 0.05) is 35.1 Å². The van der Waals surface area contributed by atoms with Crippen LogP contribution in [0.2, 0.25) is 0 Å². The SMILES string of the molecule is O=C(Cc1cncc(F)c1)N1CCc2scc(-c3noc(C(F)(F)F)n3)c2C1. The highest BCUT2D eigenvalue weighted by Gasteiger charge is 2.39. The third-order valence-corrected chi connectivity index (χ3v) is 5.41. The van der Waals surface area contributed by atoms with E-state index in [0.29, 0.717) is 29.7 Å². The molecule has 0 spiro atoms. The quantitative estimate of drug-likeness (QED) is 0.616. The molecule has 4 heterocycles. The number of carbonyl (C=O) groups is 1. The second kappa shape index (κ2) is 6.97. The summed E-state index contributed by atoms with van der Waals surface area (Å²) in [4.78, 5) is 22.3. The van der Waals surface area contributed by atoms with Crippen molar-refractivity contribution in [3.05, 3.63) is 51.6 Å². The van der Waals surface area contributed by atoms with Crippen LogP contribution in [0.5, 0.6) is 0 Å². The highest BCUT2D eigenvalue weighted by molar-refractivity contribution is 7.10. The van der Waals surface area contributed by atoms with E-state index >= 15 is 0 Å². The van der Waals surface area contributed by atoms with Crippen molar-refractivity contribution in [2.24, 2.45) is 0 Å². The Kier molecular flexibility index (Phi) is 4.61. The Morgan fingerprint density at radius 1 is 1.32 bits per heavy atom. The van der Waals surface area contributed by atoms with E-state index in [1.807, 2.05) is 0 Å². The summed E-state index contributed by atoms with van der Waals surface area (Å²) in [7, 11) is 0. The van der Waals surface area contributed by atoms with Crippen LogP contribution in [-0.4, -0.2) is 32.5 Å². The number of alkyl halides is 3. The van der Waals surface area contributed by atoms with Crippen molar-refractivity contribution in [3.63, 3.8) is 0 Å². The van der Waals surface area contributed by atoms with Crippen molar-refractivity contribution < 1.29 is 26.9 Å². The first-order chi connectivity index (χ1) is 13.3. The maximum absolute atomic E-state index is 13.3. The average Bonchev–Trinajstić information content (AvgIpc) is 3.27. The molecule has 28 heavy (non-hydrogen) atoms. The largest absolute Gasteiger partial charge is 0.471 e. The maximum Gasteiger partial charge on any atom is 0.471 e. The lowest BCUT2D eigenvalue weighted by molar-refractivity contribution is -0.159. The molecule has 3 aromatic rings. The summed E-state index contributed by atoms with van der Waals surface area (Å²) in [6.07, 6.45) is -1.69. The van der Waals surface area contributed by atoms with E-state index in [0.717, 1.165) is 11.1 Å². The van der Waals surface area contributed by atoms with Crippen LogP contribution in [0.25, 0.3) is 11.4 Å². The van der Waals surface area contributed by atoms with Crippen LogP contribution >= 0.6 is 11.3 Å². The summed E-state index contributed by atoms with van der Waals surface area (Å²) < 4.78 is 55.7. The highest BCUT2D eigenvalue weighted by atomic mass is 32.1. The second-order valence-electron chi connectivity index (χ2n) is 6.23. The van der Waals surface area contributed by atoms with Crippen LogP contribution in [0, 0.1) is 5.82 Å². The number of halogens is 4. The van der Waals surface area contributed by atoms with E-state index in [4.69, 9.17) is 0 Å². The minimum absolute atomic E-state index is 0.0139. The molecule has 6 nitrogen and oxygen atoms in total. The average molecular weight is 412 g/mol. The van der Waals surface area contributed by atoms with Crippen LogP contribution in [0.15, 0.2) is 28.4 Å². The Morgan fingerprint density at radius 3 is 2.86 bits per heavy atom. The molecular formula is C17H12F4N4O2S. The smallest absolute Gasteiger partial charge is 0.338 e. The molecule has 11 heteroatoms. The molecule has 0 aliphatic carbocycles. The molecule has 1 aliphatic heterocycles. The summed E-state index contributed by atoms with van der Waals surface area (Å²) in [5.41, 5.74) is 1.58. The molecule has 0 saturated heterocycles. The van der Waals surface area contributed by atoms with Crippen LogP contribution in [0.4, 0.5) is 17.6 Å². The molecule has 0 saturated carbocycles. The monoisotopic (exact) mass is 412 g/mol. The van der Waals surface area contributed by atoms with Crippen molar-refractivity contribution in [1.82, 2.24) is 20.0 Å². The number of amides is 1. The van der Waals surface area contributed by atoms with Crippen LogP contribution in [-0.2, 0) is 30.4 Å². The number of thiophene rings is 1. The molecule has 0 fully saturated rings. The molecule has 1 aliphatic rings. The lowest BCUT2D eigenvalue weighted by atomic mass is 10.0. The minimum Gasteiger partial charge on any atom is -0.338 e. The van der Waals surface area contributed by atoms with E-state index in [2.05, 4.69) is 19.6 Å². The fraction of sp³-hybridized carbons (Fsp3) is 0.294. The lowest BCUT2D eigenvalue weighted by Crippen LogP contribution is -2.36. The number of carbonyl (C=O) groups excluding carboxylic acids is 1. The van der Waals surface area contributed by atoms with Gasteiger partial charge >= 0.3 is 12.1 Å². The number of nitrogens with zero attached hydrogens (tertiary/aromatic N) is 4. The van der Waals surface area contributed by atoms with Gasteiger partial charge in [0.2, 0.25) is 11.7 Å². The molecular weight excluding hydrogens is 400 g/mol. The zero-order valence-electron chi connectivity index (χ0n) is 14.2.